The summed E-state index contributed by atoms with van der Waals surface area (Å²) in [4.78, 5) is 15.4. The molecule has 4 nitrogen and oxygen atoms in total. The molecule has 12 radical (unpaired) electrons. The molecule has 0 aliphatic heterocycles. The summed E-state index contributed by atoms with van der Waals surface area (Å²) in [5.41, 5.74) is 7.75. The topological polar surface area (TPSA) is 51.8 Å². The van der Waals surface area contributed by atoms with Gasteiger partial charge in [-0.1, -0.05) is 157 Å². The highest BCUT2D eigenvalue weighted by Gasteiger charge is 2.33. The summed E-state index contributed by atoms with van der Waals surface area (Å²) in [7, 11) is 38.8. The van der Waals surface area contributed by atoms with Crippen LogP contribution in [-0.4, -0.2) is 62.0 Å². The number of hydrogen-bond acceptors (Lipinski definition) is 4. The van der Waals surface area contributed by atoms with Crippen molar-refractivity contribution in [2.75, 3.05) is 0 Å². The van der Waals surface area contributed by atoms with Crippen molar-refractivity contribution in [1.82, 2.24) is 15.0 Å². The zero-order valence-corrected chi connectivity index (χ0v) is 35.3. The van der Waals surface area contributed by atoms with Gasteiger partial charge < -0.3 is 4.42 Å². The van der Waals surface area contributed by atoms with E-state index >= 15 is 0 Å². The number of nitrogens with zero attached hydrogens (tertiary/aromatic N) is 3. The Labute approximate surface area is 379 Å². The zero-order valence-electron chi connectivity index (χ0n) is 35.3. The summed E-state index contributed by atoms with van der Waals surface area (Å²) < 4.78 is 6.29. The summed E-state index contributed by atoms with van der Waals surface area (Å²) in [6.07, 6.45) is 22.2. The number of benzene rings is 5. The van der Waals surface area contributed by atoms with Gasteiger partial charge in [-0.15, -0.1) is 29.2 Å². The lowest BCUT2D eigenvalue weighted by molar-refractivity contribution is 0.538. The Balaban J connectivity index is 0.00000293. The van der Waals surface area contributed by atoms with Crippen LogP contribution >= 0.6 is 0 Å². The van der Waals surface area contributed by atoms with Crippen LogP contribution in [0, 0.1) is 18.8 Å². The van der Waals surface area contributed by atoms with Crippen molar-refractivity contribution in [3.63, 3.8) is 0 Å². The molecular weight excluding hydrogens is 759 g/mol. The molecule has 5 aromatic carbocycles. The number of fused-ring (bicyclic) bond motifs is 3. The van der Waals surface area contributed by atoms with Gasteiger partial charge in [-0.25, -0.2) is 15.0 Å². The summed E-state index contributed by atoms with van der Waals surface area (Å²) in [6, 6.07) is 34.3. The first kappa shape index (κ1) is 44.4. The molecule has 10 heteroatoms. The second-order valence-electron chi connectivity index (χ2n) is 15.6. The average molecular weight is 799 g/mol. The maximum atomic E-state index is 6.67. The van der Waals surface area contributed by atoms with E-state index in [0.29, 0.717) is 42.0 Å². The van der Waals surface area contributed by atoms with E-state index in [4.69, 9.17) is 66.4 Å². The molecule has 0 saturated heterocycles. The minimum Gasteiger partial charge on any atom is -0.456 e. The molecule has 0 amide bonds. The smallest absolute Gasteiger partial charge is 0.163 e. The summed E-state index contributed by atoms with van der Waals surface area (Å²) in [5, 5.41) is 1.97. The maximum absolute atomic E-state index is 6.67. The van der Waals surface area contributed by atoms with Crippen LogP contribution in [0.3, 0.4) is 0 Å². The lowest BCUT2D eigenvalue weighted by atomic mass is 9.60. The Bertz CT molecular complexity index is 2990. The number of aromatic nitrogens is 3. The molecule has 2 atom stereocenters. The van der Waals surface area contributed by atoms with Crippen molar-refractivity contribution in [3.8, 4) is 35.6 Å². The fourth-order valence-corrected chi connectivity index (χ4v) is 7.74. The third-order valence-corrected chi connectivity index (χ3v) is 11.7. The molecule has 0 saturated carbocycles. The molecule has 0 spiro atoms. The number of hydrogen-bond donors (Lipinski definition) is 0. The number of para-hydroxylation sites is 1. The first-order valence-electron chi connectivity index (χ1n) is 20.5. The second kappa shape index (κ2) is 19.1. The van der Waals surface area contributed by atoms with Crippen LogP contribution in [0.15, 0.2) is 168 Å². The molecule has 1 aliphatic carbocycles. The van der Waals surface area contributed by atoms with E-state index in [-0.39, 0.29) is 44.6 Å². The summed E-state index contributed by atoms with van der Waals surface area (Å²) in [5.74, 6) is 0.973. The van der Waals surface area contributed by atoms with Gasteiger partial charge in [0.1, 0.15) is 56.2 Å². The Hall–Kier alpha value is -6.70. The molecule has 0 N–H and O–H groups in total. The second-order valence-corrected chi connectivity index (χ2v) is 15.6. The first-order valence-corrected chi connectivity index (χ1v) is 20.5. The van der Waals surface area contributed by atoms with E-state index in [1.165, 1.54) is 0 Å². The maximum Gasteiger partial charge on any atom is 0.163 e. The highest BCUT2D eigenvalue weighted by atomic mass is 16.3. The fraction of sp³-hybridized carbons (Fsp3) is 0.113. The van der Waals surface area contributed by atoms with Gasteiger partial charge in [-0.05, 0) is 71.7 Å². The van der Waals surface area contributed by atoms with Gasteiger partial charge in [-0.3, -0.25) is 0 Å². The Morgan fingerprint density at radius 1 is 0.651 bits per heavy atom. The molecule has 7 aromatic rings. The van der Waals surface area contributed by atoms with Crippen LogP contribution in [0.2, 0.25) is 6.32 Å². The molecule has 1 aliphatic rings. The van der Waals surface area contributed by atoms with Crippen molar-refractivity contribution in [1.29, 1.82) is 0 Å². The molecule has 0 fully saturated rings. The van der Waals surface area contributed by atoms with E-state index in [1.54, 1.807) is 0 Å². The normalized spacial score (nSPS) is 19.8. The Morgan fingerprint density at radius 2 is 1.24 bits per heavy atom. The standard InChI is InChI=1S/C51H37B6N3O.C2H2/c1-30-27-35(33-15-8-5-9-16-33)17-12-26-51(3,31(2)20-21-34(22-23-37(30)29-52)32-13-6-4-7-14-32)50-59-48(36-24-25-39-38-18-10-11-19-40(38)61-41(39)28-36)58-49(60-50)42-43(53)45(55)47(57)46(56)44(42)54;1-2/h4-22,24-25,27-28,37H,1-2,23,26,29H2,3H3;1-2H/b17-12-,21-20-,34-22+,35-27+;. The summed E-state index contributed by atoms with van der Waals surface area (Å²) in [6.45, 7) is 11.3. The van der Waals surface area contributed by atoms with Crippen LogP contribution in [0.1, 0.15) is 36.7 Å². The van der Waals surface area contributed by atoms with Crippen LogP contribution in [0.4, 0.5) is 0 Å². The number of terminal acetylenes is 1. The van der Waals surface area contributed by atoms with Gasteiger partial charge in [0.05, 0.1) is 13.3 Å². The van der Waals surface area contributed by atoms with Crippen molar-refractivity contribution in [2.24, 2.45) is 5.92 Å². The lowest BCUT2D eigenvalue weighted by Crippen LogP contribution is -2.55. The monoisotopic (exact) mass is 799 g/mol. The fourth-order valence-electron chi connectivity index (χ4n) is 7.74. The van der Waals surface area contributed by atoms with Crippen LogP contribution in [0.5, 0.6) is 0 Å². The van der Waals surface area contributed by atoms with E-state index < -0.39 is 5.41 Å². The number of furan rings is 1. The SMILES string of the molecule is C#C.[B]CC1C/C=C(c2ccccc2)\C=C/C(=C)C(C)(c2nc(-c3ccc4c(c3)oc3ccccc34)nc(-c3c([B])c([B])c([B])c([B])c3[B])n2)C/C=C\C(c2ccccc2)=C/C1=C. The number of allylic oxidation sites excluding steroid dienone is 10. The van der Waals surface area contributed by atoms with Crippen molar-refractivity contribution in [3.05, 3.63) is 181 Å². The minimum absolute atomic E-state index is 0.0211. The number of rotatable bonds is 6. The van der Waals surface area contributed by atoms with Crippen LogP contribution in [0.25, 0.3) is 55.9 Å². The third kappa shape index (κ3) is 8.98. The third-order valence-electron chi connectivity index (χ3n) is 11.7. The summed E-state index contributed by atoms with van der Waals surface area (Å²) >= 11 is 0. The molecule has 2 heterocycles. The predicted molar refractivity (Wildman–Crippen MR) is 271 cm³/mol. The molecule has 63 heavy (non-hydrogen) atoms. The van der Waals surface area contributed by atoms with Crippen LogP contribution in [-0.2, 0) is 5.41 Å². The van der Waals surface area contributed by atoms with Gasteiger partial charge >= 0.3 is 0 Å². The van der Waals surface area contributed by atoms with Crippen molar-refractivity contribution in [2.45, 2.75) is 31.5 Å². The Kier molecular flexibility index (Phi) is 13.5. The van der Waals surface area contributed by atoms with Gasteiger partial charge in [-0.2, -0.15) is 0 Å². The molecule has 8 rings (SSSR count). The molecular formula is C53H39B6N3O. The van der Waals surface area contributed by atoms with E-state index in [1.807, 2.05) is 84.9 Å². The van der Waals surface area contributed by atoms with Gasteiger partial charge in [0.2, 0.25) is 0 Å². The van der Waals surface area contributed by atoms with Crippen molar-refractivity contribution < 1.29 is 4.42 Å². The molecule has 0 bridgehead atoms. The highest BCUT2D eigenvalue weighted by Crippen LogP contribution is 2.38. The molecule has 290 valence electrons. The minimum atomic E-state index is -0.929. The van der Waals surface area contributed by atoms with E-state index in [9.17, 15) is 0 Å². The van der Waals surface area contributed by atoms with E-state index in [2.05, 4.69) is 87.6 Å². The predicted octanol–water partition coefficient (Wildman–Crippen LogP) is 6.97. The van der Waals surface area contributed by atoms with Gasteiger partial charge in [0, 0.05) is 21.9 Å². The average Bonchev–Trinajstić information content (AvgIpc) is 3.70. The largest absolute Gasteiger partial charge is 0.456 e. The highest BCUT2D eigenvalue weighted by molar-refractivity contribution is 6.68. The van der Waals surface area contributed by atoms with E-state index in [0.717, 1.165) is 49.8 Å². The molecule has 2 aromatic heterocycles. The van der Waals surface area contributed by atoms with Gasteiger partial charge in [0.25, 0.3) is 0 Å². The van der Waals surface area contributed by atoms with Gasteiger partial charge in [0.15, 0.2) is 11.6 Å². The molecule has 2 unspecified atom stereocenters. The quantitative estimate of drug-likeness (QED) is 0.135. The first-order chi connectivity index (χ1) is 30.5. The zero-order chi connectivity index (χ0) is 44.8. The lowest BCUT2D eigenvalue weighted by Gasteiger charge is -2.29. The Morgan fingerprint density at radius 3 is 1.90 bits per heavy atom. The van der Waals surface area contributed by atoms with Crippen molar-refractivity contribution >= 4 is 107 Å². The van der Waals surface area contributed by atoms with Crippen LogP contribution < -0.4 is 27.3 Å².